The van der Waals surface area contributed by atoms with E-state index in [0.717, 1.165) is 36.7 Å². The normalized spacial score (nSPS) is 14.9. The van der Waals surface area contributed by atoms with E-state index >= 15 is 0 Å². The Labute approximate surface area is 120 Å². The summed E-state index contributed by atoms with van der Waals surface area (Å²) in [5.74, 6) is 2.00. The number of nitrogens with one attached hydrogen (secondary N) is 1. The molecule has 0 radical (unpaired) electrons. The first kappa shape index (κ1) is 13.4. The molecule has 1 fully saturated rings. The molecule has 2 aromatic rings. The summed E-state index contributed by atoms with van der Waals surface area (Å²) in [5.41, 5.74) is 3.73. The Morgan fingerprint density at radius 2 is 2.05 bits per heavy atom. The largest absolute Gasteiger partial charge is 0.463 e. The summed E-state index contributed by atoms with van der Waals surface area (Å²) in [6, 6.07) is 4.84. The summed E-state index contributed by atoms with van der Waals surface area (Å²) in [6.45, 7) is 7.95. The van der Waals surface area contributed by atoms with E-state index in [9.17, 15) is 0 Å². The molecule has 1 N–H and O–H groups in total. The zero-order chi connectivity index (χ0) is 14.1. The van der Waals surface area contributed by atoms with Crippen molar-refractivity contribution in [3.05, 3.63) is 40.6 Å². The third-order valence-electron chi connectivity index (χ3n) is 4.05. The highest BCUT2D eigenvalue weighted by molar-refractivity contribution is 5.25. The molecule has 0 bridgehead atoms. The summed E-state index contributed by atoms with van der Waals surface area (Å²) in [7, 11) is 0. The van der Waals surface area contributed by atoms with E-state index in [2.05, 4.69) is 43.3 Å². The van der Waals surface area contributed by atoms with E-state index < -0.39 is 0 Å². The molecule has 1 aliphatic carbocycles. The van der Waals surface area contributed by atoms with Crippen LogP contribution in [-0.2, 0) is 19.5 Å². The Hall–Kier alpha value is -1.55. The van der Waals surface area contributed by atoms with Crippen LogP contribution in [0.2, 0.25) is 0 Å². The standard InChI is InChI=1S/C16H23N3O/c1-4-16-11(2)18-19(12(16)3)10-15-8-7-14(20-15)9-17-13-5-6-13/h7-8,13,17H,4-6,9-10H2,1-3H3. The van der Waals surface area contributed by atoms with Gasteiger partial charge in [0.25, 0.3) is 0 Å². The van der Waals surface area contributed by atoms with Crippen LogP contribution in [0.5, 0.6) is 0 Å². The second-order valence-electron chi connectivity index (χ2n) is 5.68. The van der Waals surface area contributed by atoms with Gasteiger partial charge < -0.3 is 9.73 Å². The molecular weight excluding hydrogens is 250 g/mol. The minimum Gasteiger partial charge on any atom is -0.463 e. The average Bonchev–Trinajstić information content (AvgIpc) is 3.09. The van der Waals surface area contributed by atoms with Gasteiger partial charge in [-0.1, -0.05) is 6.92 Å². The molecule has 0 saturated heterocycles. The highest BCUT2D eigenvalue weighted by Gasteiger charge is 2.20. The van der Waals surface area contributed by atoms with Gasteiger partial charge in [-0.2, -0.15) is 5.10 Å². The van der Waals surface area contributed by atoms with Crippen LogP contribution < -0.4 is 5.32 Å². The molecule has 20 heavy (non-hydrogen) atoms. The second-order valence-corrected chi connectivity index (χ2v) is 5.68. The minimum atomic E-state index is 0.715. The summed E-state index contributed by atoms with van der Waals surface area (Å²) < 4.78 is 7.93. The van der Waals surface area contributed by atoms with Crippen molar-refractivity contribution in [3.8, 4) is 0 Å². The van der Waals surface area contributed by atoms with Crippen molar-refractivity contribution in [1.29, 1.82) is 0 Å². The summed E-state index contributed by atoms with van der Waals surface area (Å²) in [5, 5.41) is 8.08. The van der Waals surface area contributed by atoms with Crippen LogP contribution in [-0.4, -0.2) is 15.8 Å². The number of furan rings is 1. The fraction of sp³-hybridized carbons (Fsp3) is 0.562. The zero-order valence-corrected chi connectivity index (χ0v) is 12.6. The number of hydrogen-bond acceptors (Lipinski definition) is 3. The first-order valence-corrected chi connectivity index (χ1v) is 7.51. The van der Waals surface area contributed by atoms with Gasteiger partial charge in [-0.25, -0.2) is 0 Å². The average molecular weight is 273 g/mol. The maximum absolute atomic E-state index is 5.88. The fourth-order valence-corrected chi connectivity index (χ4v) is 2.68. The molecule has 0 spiro atoms. The lowest BCUT2D eigenvalue weighted by atomic mass is 10.1. The SMILES string of the molecule is CCc1c(C)nn(Cc2ccc(CNC3CC3)o2)c1C. The van der Waals surface area contributed by atoms with Gasteiger partial charge in [-0.05, 0) is 50.8 Å². The molecule has 108 valence electrons. The molecule has 0 unspecified atom stereocenters. The predicted molar refractivity (Wildman–Crippen MR) is 78.8 cm³/mol. The molecule has 0 amide bonds. The highest BCUT2D eigenvalue weighted by atomic mass is 16.3. The van der Waals surface area contributed by atoms with Crippen LogP contribution in [0.15, 0.2) is 16.5 Å². The van der Waals surface area contributed by atoms with Crippen LogP contribution >= 0.6 is 0 Å². The van der Waals surface area contributed by atoms with Gasteiger partial charge in [0.05, 0.1) is 18.8 Å². The Bertz CT molecular complexity index is 593. The lowest BCUT2D eigenvalue weighted by Crippen LogP contribution is -2.14. The van der Waals surface area contributed by atoms with Crippen molar-refractivity contribution in [3.63, 3.8) is 0 Å². The topological polar surface area (TPSA) is 43.0 Å². The fourth-order valence-electron chi connectivity index (χ4n) is 2.68. The van der Waals surface area contributed by atoms with Gasteiger partial charge in [0.2, 0.25) is 0 Å². The van der Waals surface area contributed by atoms with Crippen molar-refractivity contribution in [2.24, 2.45) is 0 Å². The molecule has 0 aliphatic heterocycles. The van der Waals surface area contributed by atoms with E-state index in [1.807, 2.05) is 4.68 Å². The predicted octanol–water partition coefficient (Wildman–Crippen LogP) is 2.96. The van der Waals surface area contributed by atoms with Crippen molar-refractivity contribution in [1.82, 2.24) is 15.1 Å². The molecule has 4 heteroatoms. The van der Waals surface area contributed by atoms with Crippen LogP contribution in [0, 0.1) is 13.8 Å². The lowest BCUT2D eigenvalue weighted by molar-refractivity contribution is 0.427. The van der Waals surface area contributed by atoms with Crippen LogP contribution in [0.4, 0.5) is 0 Å². The van der Waals surface area contributed by atoms with E-state index in [-0.39, 0.29) is 0 Å². The molecule has 1 aliphatic rings. The first-order valence-electron chi connectivity index (χ1n) is 7.51. The second kappa shape index (κ2) is 5.44. The molecule has 1 saturated carbocycles. The lowest BCUT2D eigenvalue weighted by Gasteiger charge is -2.03. The third kappa shape index (κ3) is 2.80. The third-order valence-corrected chi connectivity index (χ3v) is 4.05. The Morgan fingerprint density at radius 3 is 2.70 bits per heavy atom. The van der Waals surface area contributed by atoms with Gasteiger partial charge in [0.15, 0.2) is 0 Å². The van der Waals surface area contributed by atoms with E-state index in [0.29, 0.717) is 6.04 Å². The van der Waals surface area contributed by atoms with Crippen LogP contribution in [0.3, 0.4) is 0 Å². The summed E-state index contributed by atoms with van der Waals surface area (Å²) in [4.78, 5) is 0. The molecule has 0 atom stereocenters. The Kier molecular flexibility index (Phi) is 3.66. The number of aryl methyl sites for hydroxylation is 1. The molecule has 4 nitrogen and oxygen atoms in total. The first-order chi connectivity index (χ1) is 9.67. The van der Waals surface area contributed by atoms with Crippen molar-refractivity contribution < 1.29 is 4.42 Å². The molecular formula is C16H23N3O. The maximum atomic E-state index is 5.88. The number of aromatic nitrogens is 2. The summed E-state index contributed by atoms with van der Waals surface area (Å²) >= 11 is 0. The van der Waals surface area contributed by atoms with Gasteiger partial charge in [0, 0.05) is 11.7 Å². The molecule has 2 heterocycles. The van der Waals surface area contributed by atoms with Gasteiger partial charge in [0.1, 0.15) is 11.5 Å². The van der Waals surface area contributed by atoms with Crippen LogP contribution in [0.1, 0.15) is 48.2 Å². The number of nitrogens with zero attached hydrogens (tertiary/aromatic N) is 2. The molecule has 2 aromatic heterocycles. The van der Waals surface area contributed by atoms with Gasteiger partial charge >= 0.3 is 0 Å². The maximum Gasteiger partial charge on any atom is 0.125 e. The van der Waals surface area contributed by atoms with Gasteiger partial charge in [-0.15, -0.1) is 0 Å². The molecule has 0 aromatic carbocycles. The quantitative estimate of drug-likeness (QED) is 0.880. The van der Waals surface area contributed by atoms with Gasteiger partial charge in [-0.3, -0.25) is 4.68 Å². The zero-order valence-electron chi connectivity index (χ0n) is 12.6. The Morgan fingerprint density at radius 1 is 1.30 bits per heavy atom. The monoisotopic (exact) mass is 273 g/mol. The van der Waals surface area contributed by atoms with E-state index in [4.69, 9.17) is 4.42 Å². The highest BCUT2D eigenvalue weighted by Crippen LogP contribution is 2.20. The van der Waals surface area contributed by atoms with Crippen molar-refractivity contribution in [2.45, 2.75) is 59.2 Å². The Balaban J connectivity index is 1.67. The summed E-state index contributed by atoms with van der Waals surface area (Å²) in [6.07, 6.45) is 3.64. The van der Waals surface area contributed by atoms with Crippen molar-refractivity contribution >= 4 is 0 Å². The number of rotatable bonds is 6. The smallest absolute Gasteiger partial charge is 0.125 e. The molecule has 3 rings (SSSR count). The number of hydrogen-bond donors (Lipinski definition) is 1. The van der Waals surface area contributed by atoms with E-state index in [1.165, 1.54) is 24.1 Å². The van der Waals surface area contributed by atoms with E-state index in [1.54, 1.807) is 0 Å². The van der Waals surface area contributed by atoms with Crippen molar-refractivity contribution in [2.75, 3.05) is 0 Å². The van der Waals surface area contributed by atoms with Crippen LogP contribution in [0.25, 0.3) is 0 Å². The minimum absolute atomic E-state index is 0.715.